The van der Waals surface area contributed by atoms with Gasteiger partial charge in [0, 0.05) is 6.20 Å². The molecular formula is C10H11F3N2O4. The molecule has 1 heterocycles. The molecule has 1 aromatic heterocycles. The molecule has 5 N–H and O–H groups in total. The maximum absolute atomic E-state index is 12.5. The van der Waals surface area contributed by atoms with Gasteiger partial charge in [0.2, 0.25) is 5.91 Å². The molecule has 0 radical (unpaired) electrons. The van der Waals surface area contributed by atoms with Crippen LogP contribution in [0.3, 0.4) is 0 Å². The number of amides is 1. The Bertz CT molecular complexity index is 526. The fourth-order valence-electron chi connectivity index (χ4n) is 1.42. The molecule has 106 valence electrons. The lowest BCUT2D eigenvalue weighted by molar-refractivity contribution is -0.139. The van der Waals surface area contributed by atoms with Crippen LogP contribution in [0, 0.1) is 0 Å². The second-order valence-electron chi connectivity index (χ2n) is 3.86. The van der Waals surface area contributed by atoms with Crippen LogP contribution >= 0.6 is 0 Å². The Morgan fingerprint density at radius 1 is 1.42 bits per heavy atom. The molecule has 0 fully saturated rings. The molecule has 1 amide bonds. The second-order valence-corrected chi connectivity index (χ2v) is 3.86. The molecule has 0 spiro atoms. The van der Waals surface area contributed by atoms with Gasteiger partial charge >= 0.3 is 6.18 Å². The van der Waals surface area contributed by atoms with E-state index in [1.54, 1.807) is 4.98 Å². The van der Waals surface area contributed by atoms with Crippen LogP contribution in [0.2, 0.25) is 0 Å². The topological polar surface area (TPSA) is 116 Å². The van der Waals surface area contributed by atoms with Crippen LogP contribution in [-0.2, 0) is 11.0 Å². The summed E-state index contributed by atoms with van der Waals surface area (Å²) >= 11 is 0. The third-order valence-electron chi connectivity index (χ3n) is 2.35. The number of H-pyrrole nitrogens is 1. The minimum Gasteiger partial charge on any atom is -0.390 e. The number of primary amides is 1. The molecule has 0 saturated carbocycles. The van der Waals surface area contributed by atoms with E-state index < -0.39 is 41.8 Å². The van der Waals surface area contributed by atoms with E-state index in [9.17, 15) is 33.0 Å². The predicted octanol–water partition coefficient (Wildman–Crippen LogP) is -0.337. The molecule has 2 unspecified atom stereocenters. The number of pyridine rings is 1. The first-order valence-corrected chi connectivity index (χ1v) is 5.07. The van der Waals surface area contributed by atoms with Gasteiger partial charge in [-0.3, -0.25) is 9.59 Å². The number of hydrogen-bond acceptors (Lipinski definition) is 4. The highest BCUT2D eigenvalue weighted by atomic mass is 19.4. The molecule has 19 heavy (non-hydrogen) atoms. The van der Waals surface area contributed by atoms with Gasteiger partial charge in [-0.15, -0.1) is 0 Å². The molecule has 2 atom stereocenters. The first-order chi connectivity index (χ1) is 8.62. The smallest absolute Gasteiger partial charge is 0.390 e. The second kappa shape index (κ2) is 5.41. The van der Waals surface area contributed by atoms with Gasteiger partial charge in [-0.1, -0.05) is 0 Å². The minimum atomic E-state index is -4.89. The van der Waals surface area contributed by atoms with Gasteiger partial charge in [-0.2, -0.15) is 13.2 Å². The van der Waals surface area contributed by atoms with Crippen molar-refractivity contribution in [2.24, 2.45) is 5.73 Å². The largest absolute Gasteiger partial charge is 0.421 e. The van der Waals surface area contributed by atoms with E-state index >= 15 is 0 Å². The quantitative estimate of drug-likeness (QED) is 0.603. The van der Waals surface area contributed by atoms with Gasteiger partial charge in [-0.25, -0.2) is 0 Å². The molecule has 0 saturated heterocycles. The summed E-state index contributed by atoms with van der Waals surface area (Å²) in [6.07, 6.45) is -8.12. The number of aromatic nitrogens is 1. The number of carbonyl (C=O) groups is 1. The van der Waals surface area contributed by atoms with E-state index in [4.69, 9.17) is 5.73 Å². The summed E-state index contributed by atoms with van der Waals surface area (Å²) in [5.74, 6) is -0.924. The normalized spacial score (nSPS) is 15.0. The van der Waals surface area contributed by atoms with Crippen molar-refractivity contribution in [3.63, 3.8) is 0 Å². The molecule has 0 aromatic carbocycles. The highest BCUT2D eigenvalue weighted by Gasteiger charge is 2.35. The fraction of sp³-hybridized carbons (Fsp3) is 0.400. The lowest BCUT2D eigenvalue weighted by Gasteiger charge is -2.17. The van der Waals surface area contributed by atoms with Gasteiger partial charge < -0.3 is 20.9 Å². The van der Waals surface area contributed by atoms with Crippen LogP contribution < -0.4 is 11.3 Å². The van der Waals surface area contributed by atoms with Gasteiger partial charge in [0.1, 0.15) is 11.7 Å². The first-order valence-electron chi connectivity index (χ1n) is 5.07. The number of halogens is 3. The van der Waals surface area contributed by atoms with Crippen molar-refractivity contribution in [3.8, 4) is 0 Å². The summed E-state index contributed by atoms with van der Waals surface area (Å²) in [5, 5.41) is 19.0. The number of alkyl halides is 3. The number of nitrogens with one attached hydrogen (secondary N) is 1. The van der Waals surface area contributed by atoms with Crippen molar-refractivity contribution < 1.29 is 28.2 Å². The molecule has 1 aromatic rings. The van der Waals surface area contributed by atoms with Crippen molar-refractivity contribution in [1.82, 2.24) is 4.98 Å². The van der Waals surface area contributed by atoms with Crippen LogP contribution in [0.4, 0.5) is 13.2 Å². The lowest BCUT2D eigenvalue weighted by Crippen LogP contribution is -2.27. The molecule has 9 heteroatoms. The summed E-state index contributed by atoms with van der Waals surface area (Å²) in [7, 11) is 0. The van der Waals surface area contributed by atoms with Crippen LogP contribution in [0.25, 0.3) is 0 Å². The van der Waals surface area contributed by atoms with E-state index in [1.807, 2.05) is 0 Å². The highest BCUT2D eigenvalue weighted by Crippen LogP contribution is 2.28. The zero-order valence-corrected chi connectivity index (χ0v) is 9.44. The number of rotatable bonds is 4. The summed E-state index contributed by atoms with van der Waals surface area (Å²) in [6.45, 7) is 0. The summed E-state index contributed by atoms with van der Waals surface area (Å²) in [4.78, 5) is 23.3. The average Bonchev–Trinajstić information content (AvgIpc) is 2.26. The van der Waals surface area contributed by atoms with Crippen LogP contribution in [-0.4, -0.2) is 27.2 Å². The number of hydrogen-bond donors (Lipinski definition) is 4. The Morgan fingerprint density at radius 3 is 2.47 bits per heavy atom. The van der Waals surface area contributed by atoms with Gasteiger partial charge in [-0.05, 0) is 11.6 Å². The summed E-state index contributed by atoms with van der Waals surface area (Å²) in [5.41, 5.74) is 1.54. The van der Waals surface area contributed by atoms with Gasteiger partial charge in [0.05, 0.1) is 12.5 Å². The Morgan fingerprint density at radius 2 is 2.00 bits per heavy atom. The maximum Gasteiger partial charge on any atom is 0.421 e. The van der Waals surface area contributed by atoms with E-state index in [1.165, 1.54) is 0 Å². The molecule has 1 rings (SSSR count). The third-order valence-corrected chi connectivity index (χ3v) is 2.35. The molecular weight excluding hydrogens is 269 g/mol. The number of aliphatic hydroxyl groups is 2. The van der Waals surface area contributed by atoms with E-state index in [0.717, 1.165) is 6.20 Å². The van der Waals surface area contributed by atoms with Crippen molar-refractivity contribution in [1.29, 1.82) is 0 Å². The van der Waals surface area contributed by atoms with Gasteiger partial charge in [0.15, 0.2) is 0 Å². The number of aliphatic hydroxyl groups excluding tert-OH is 2. The molecule has 0 aliphatic rings. The zero-order valence-electron chi connectivity index (χ0n) is 9.44. The Balaban J connectivity index is 3.09. The number of carbonyl (C=O) groups excluding carboxylic acids is 1. The van der Waals surface area contributed by atoms with E-state index in [-0.39, 0.29) is 5.56 Å². The van der Waals surface area contributed by atoms with Crippen molar-refractivity contribution >= 4 is 5.91 Å². The molecule has 6 nitrogen and oxygen atoms in total. The Hall–Kier alpha value is -1.87. The van der Waals surface area contributed by atoms with Crippen molar-refractivity contribution in [2.75, 3.05) is 0 Å². The van der Waals surface area contributed by atoms with E-state index in [2.05, 4.69) is 0 Å². The zero-order chi connectivity index (χ0) is 14.8. The fourth-order valence-corrected chi connectivity index (χ4v) is 1.42. The molecule has 0 bridgehead atoms. The van der Waals surface area contributed by atoms with Crippen LogP contribution in [0.5, 0.6) is 0 Å². The minimum absolute atomic E-state index is 0.374. The lowest BCUT2D eigenvalue weighted by atomic mass is 10.0. The highest BCUT2D eigenvalue weighted by molar-refractivity contribution is 5.74. The SMILES string of the molecule is NC(=O)CC(O)C(O)c1c[nH]c(=O)c(C(F)(F)F)c1. The summed E-state index contributed by atoms with van der Waals surface area (Å²) < 4.78 is 37.4. The Kier molecular flexibility index (Phi) is 4.32. The van der Waals surface area contributed by atoms with Crippen molar-refractivity contribution in [3.05, 3.63) is 33.7 Å². The van der Waals surface area contributed by atoms with Crippen LogP contribution in [0.15, 0.2) is 17.1 Å². The van der Waals surface area contributed by atoms with E-state index in [0.29, 0.717) is 6.07 Å². The third kappa shape index (κ3) is 3.80. The standard InChI is InChI=1S/C10H11F3N2O4/c11-10(12,13)5-1-4(3-15-9(5)19)8(18)6(16)2-7(14)17/h1,3,6,8,16,18H,2H2,(H2,14,17)(H,15,19). The maximum atomic E-state index is 12.5. The molecule has 0 aliphatic heterocycles. The monoisotopic (exact) mass is 280 g/mol. The van der Waals surface area contributed by atoms with Crippen LogP contribution in [0.1, 0.15) is 23.7 Å². The average molecular weight is 280 g/mol. The van der Waals surface area contributed by atoms with Gasteiger partial charge in [0.25, 0.3) is 5.56 Å². The summed E-state index contributed by atoms with van der Waals surface area (Å²) in [6, 6.07) is 0.410. The predicted molar refractivity (Wildman–Crippen MR) is 56.8 cm³/mol. The van der Waals surface area contributed by atoms with Crippen molar-refractivity contribution in [2.45, 2.75) is 24.8 Å². The number of nitrogens with two attached hydrogens (primary N) is 1. The first kappa shape index (κ1) is 15.2. The number of aromatic amines is 1. The Labute approximate surface area is 104 Å². The molecule has 0 aliphatic carbocycles.